The Morgan fingerprint density at radius 1 is 1.59 bits per heavy atom. The summed E-state index contributed by atoms with van der Waals surface area (Å²) in [6, 6.07) is 4.50. The van der Waals surface area contributed by atoms with Crippen LogP contribution in [-0.2, 0) is 11.2 Å². The van der Waals surface area contributed by atoms with Gasteiger partial charge in [-0.25, -0.2) is 4.79 Å². The molecule has 1 aromatic carbocycles. The average Bonchev–Trinajstić information content (AvgIpc) is 2.71. The molecule has 6 nitrogen and oxygen atoms in total. The summed E-state index contributed by atoms with van der Waals surface area (Å²) in [4.78, 5) is 23.3. The van der Waals surface area contributed by atoms with Crippen LogP contribution in [0.25, 0.3) is 0 Å². The molecule has 0 atom stereocenters. The van der Waals surface area contributed by atoms with E-state index in [2.05, 4.69) is 0 Å². The van der Waals surface area contributed by atoms with Crippen LogP contribution in [0.2, 0.25) is 0 Å². The number of hydrogen-bond acceptors (Lipinski definition) is 4. The third-order valence-corrected chi connectivity index (χ3v) is 2.66. The largest absolute Gasteiger partial charge is 0.449 e. The van der Waals surface area contributed by atoms with Gasteiger partial charge in [-0.1, -0.05) is 0 Å². The molecular weight excluding hydrogens is 224 g/mol. The topological polar surface area (TPSA) is 72.7 Å². The van der Waals surface area contributed by atoms with Crippen molar-refractivity contribution in [1.29, 1.82) is 0 Å². The molecule has 1 aromatic rings. The van der Waals surface area contributed by atoms with Crippen LogP contribution >= 0.6 is 0 Å². The molecule has 0 N–H and O–H groups in total. The smallest absolute Gasteiger partial charge is 0.414 e. The Hall–Kier alpha value is -2.11. The van der Waals surface area contributed by atoms with Crippen LogP contribution in [0.5, 0.6) is 0 Å². The highest BCUT2D eigenvalue weighted by Gasteiger charge is 2.27. The van der Waals surface area contributed by atoms with Crippen LogP contribution in [0.1, 0.15) is 12.5 Å². The van der Waals surface area contributed by atoms with E-state index in [0.29, 0.717) is 25.3 Å². The second kappa shape index (κ2) is 4.40. The molecule has 17 heavy (non-hydrogen) atoms. The number of amides is 1. The van der Waals surface area contributed by atoms with Crippen LogP contribution in [-0.4, -0.2) is 24.2 Å². The van der Waals surface area contributed by atoms with Crippen molar-refractivity contribution in [2.24, 2.45) is 0 Å². The molecule has 6 heteroatoms. The van der Waals surface area contributed by atoms with E-state index in [-0.39, 0.29) is 5.69 Å². The highest BCUT2D eigenvalue weighted by atomic mass is 16.6. The highest BCUT2D eigenvalue weighted by molar-refractivity contribution is 5.90. The zero-order valence-corrected chi connectivity index (χ0v) is 9.38. The lowest BCUT2D eigenvalue weighted by molar-refractivity contribution is -0.384. The number of benzene rings is 1. The fourth-order valence-electron chi connectivity index (χ4n) is 1.89. The number of nitro benzene ring substituents is 1. The number of nitrogens with zero attached hydrogens (tertiary/aromatic N) is 2. The Balaban J connectivity index is 2.27. The molecule has 0 fully saturated rings. The van der Waals surface area contributed by atoms with Crippen molar-refractivity contribution in [3.63, 3.8) is 0 Å². The van der Waals surface area contributed by atoms with E-state index in [0.717, 1.165) is 5.56 Å². The molecule has 0 radical (unpaired) electrons. The Labute approximate surface area is 97.9 Å². The van der Waals surface area contributed by atoms with Gasteiger partial charge in [0.25, 0.3) is 5.69 Å². The molecule has 0 spiro atoms. The molecule has 1 aliphatic rings. The number of fused-ring (bicyclic) bond motifs is 1. The fraction of sp³-hybridized carbons (Fsp3) is 0.364. The number of carbonyl (C=O) groups excluding carboxylic acids is 1. The first-order valence-corrected chi connectivity index (χ1v) is 5.35. The molecule has 0 bridgehead atoms. The zero-order chi connectivity index (χ0) is 12.4. The second-order valence-electron chi connectivity index (χ2n) is 3.67. The number of rotatable bonds is 2. The summed E-state index contributed by atoms with van der Waals surface area (Å²) >= 11 is 0. The number of hydrogen-bond donors (Lipinski definition) is 0. The molecule has 90 valence electrons. The van der Waals surface area contributed by atoms with E-state index in [9.17, 15) is 14.9 Å². The summed E-state index contributed by atoms with van der Waals surface area (Å²) < 4.78 is 4.91. The predicted octanol–water partition coefficient (Wildman–Crippen LogP) is 2.11. The summed E-state index contributed by atoms with van der Waals surface area (Å²) in [7, 11) is 0. The van der Waals surface area contributed by atoms with E-state index in [1.165, 1.54) is 17.0 Å². The molecule has 0 aliphatic carbocycles. The number of anilines is 1. The van der Waals surface area contributed by atoms with Crippen LogP contribution in [0.15, 0.2) is 18.2 Å². The Bertz CT molecular complexity index is 473. The van der Waals surface area contributed by atoms with Crippen molar-refractivity contribution in [2.75, 3.05) is 18.1 Å². The number of non-ortho nitro benzene ring substituents is 1. The maximum atomic E-state index is 11.6. The number of nitro groups is 1. The van der Waals surface area contributed by atoms with Gasteiger partial charge in [0.15, 0.2) is 0 Å². The molecule has 2 rings (SSSR count). The lowest BCUT2D eigenvalue weighted by atomic mass is 10.1. The van der Waals surface area contributed by atoms with Crippen molar-refractivity contribution in [3.8, 4) is 0 Å². The minimum atomic E-state index is -0.437. The number of carbonyl (C=O) groups is 1. The van der Waals surface area contributed by atoms with Gasteiger partial charge < -0.3 is 4.74 Å². The monoisotopic (exact) mass is 236 g/mol. The normalized spacial score (nSPS) is 13.4. The van der Waals surface area contributed by atoms with Gasteiger partial charge in [0, 0.05) is 18.7 Å². The Morgan fingerprint density at radius 2 is 2.35 bits per heavy atom. The minimum absolute atomic E-state index is 0.0504. The van der Waals surface area contributed by atoms with E-state index in [1.807, 2.05) is 0 Å². The van der Waals surface area contributed by atoms with Crippen LogP contribution in [0.3, 0.4) is 0 Å². The summed E-state index contributed by atoms with van der Waals surface area (Å²) in [6.07, 6.45) is 0.218. The third-order valence-electron chi connectivity index (χ3n) is 2.66. The fourth-order valence-corrected chi connectivity index (χ4v) is 1.89. The maximum Gasteiger partial charge on any atom is 0.414 e. The van der Waals surface area contributed by atoms with Crippen molar-refractivity contribution < 1.29 is 14.5 Å². The Morgan fingerprint density at radius 3 is 3.00 bits per heavy atom. The molecule has 1 heterocycles. The van der Waals surface area contributed by atoms with Crippen molar-refractivity contribution in [3.05, 3.63) is 33.9 Å². The zero-order valence-electron chi connectivity index (χ0n) is 9.38. The molecule has 0 saturated carbocycles. The molecule has 1 aliphatic heterocycles. The van der Waals surface area contributed by atoms with E-state index in [1.54, 1.807) is 13.0 Å². The van der Waals surface area contributed by atoms with Crippen LogP contribution < -0.4 is 4.90 Å². The SMILES string of the molecule is CCOC(=O)N1CCc2cc([N+](=O)[O-])ccc21. The first kappa shape index (κ1) is 11.4. The van der Waals surface area contributed by atoms with Crippen LogP contribution in [0.4, 0.5) is 16.2 Å². The first-order chi connectivity index (χ1) is 8.13. The predicted molar refractivity (Wildman–Crippen MR) is 61.2 cm³/mol. The van der Waals surface area contributed by atoms with E-state index >= 15 is 0 Å². The summed E-state index contributed by atoms with van der Waals surface area (Å²) in [5.41, 5.74) is 1.57. The van der Waals surface area contributed by atoms with Gasteiger partial charge in [0.1, 0.15) is 0 Å². The highest BCUT2D eigenvalue weighted by Crippen LogP contribution is 2.31. The lowest BCUT2D eigenvalue weighted by Gasteiger charge is -2.15. The summed E-state index contributed by atoms with van der Waals surface area (Å²) in [6.45, 7) is 2.57. The van der Waals surface area contributed by atoms with Gasteiger partial charge in [-0.2, -0.15) is 0 Å². The van der Waals surface area contributed by atoms with Crippen molar-refractivity contribution >= 4 is 17.5 Å². The molecule has 0 saturated heterocycles. The Kier molecular flexibility index (Phi) is 2.95. The summed E-state index contributed by atoms with van der Waals surface area (Å²) in [5, 5.41) is 10.6. The third kappa shape index (κ3) is 2.06. The van der Waals surface area contributed by atoms with Crippen molar-refractivity contribution in [2.45, 2.75) is 13.3 Å². The average molecular weight is 236 g/mol. The maximum absolute atomic E-state index is 11.6. The van der Waals surface area contributed by atoms with Gasteiger partial charge in [0.2, 0.25) is 0 Å². The summed E-state index contributed by atoms with van der Waals surface area (Å²) in [5.74, 6) is 0. The van der Waals surface area contributed by atoms with Crippen LogP contribution in [0, 0.1) is 10.1 Å². The van der Waals surface area contributed by atoms with E-state index < -0.39 is 11.0 Å². The van der Waals surface area contributed by atoms with Gasteiger partial charge in [-0.05, 0) is 25.0 Å². The van der Waals surface area contributed by atoms with Gasteiger partial charge in [0.05, 0.1) is 17.2 Å². The standard InChI is InChI=1S/C11H12N2O4/c1-2-17-11(14)12-6-5-8-7-9(13(15)16)3-4-10(8)12/h3-4,7H,2,5-6H2,1H3. The van der Waals surface area contributed by atoms with Crippen molar-refractivity contribution in [1.82, 2.24) is 0 Å². The molecular formula is C11H12N2O4. The van der Waals surface area contributed by atoms with Gasteiger partial charge in [-0.15, -0.1) is 0 Å². The molecule has 0 unspecified atom stereocenters. The number of ether oxygens (including phenoxy) is 1. The second-order valence-corrected chi connectivity index (χ2v) is 3.67. The lowest BCUT2D eigenvalue weighted by Crippen LogP contribution is -2.29. The first-order valence-electron chi connectivity index (χ1n) is 5.35. The molecule has 1 amide bonds. The minimum Gasteiger partial charge on any atom is -0.449 e. The quantitative estimate of drug-likeness (QED) is 0.582. The molecule has 0 aromatic heterocycles. The van der Waals surface area contributed by atoms with E-state index in [4.69, 9.17) is 4.74 Å². The van der Waals surface area contributed by atoms with Gasteiger partial charge >= 0.3 is 6.09 Å². The van der Waals surface area contributed by atoms with Gasteiger partial charge in [-0.3, -0.25) is 15.0 Å².